The summed E-state index contributed by atoms with van der Waals surface area (Å²) in [5, 5.41) is 13.5. The molecule has 8 heteroatoms. The van der Waals surface area contributed by atoms with Gasteiger partial charge >= 0.3 is 0 Å². The molecule has 0 aromatic rings. The molecule has 23 heavy (non-hydrogen) atoms. The lowest BCUT2D eigenvalue weighted by Crippen LogP contribution is -2.47. The van der Waals surface area contributed by atoms with E-state index in [0.717, 1.165) is 44.3 Å². The van der Waals surface area contributed by atoms with Gasteiger partial charge in [-0.1, -0.05) is 6.08 Å². The maximum Gasteiger partial charge on any atom is 0.276 e. The first kappa shape index (κ1) is 15.9. The molecule has 1 radical (unpaired) electrons. The van der Waals surface area contributed by atoms with Gasteiger partial charge in [0.2, 0.25) is 0 Å². The van der Waals surface area contributed by atoms with Gasteiger partial charge in [-0.25, -0.2) is 14.0 Å². The molecule has 0 spiro atoms. The Kier molecular flexibility index (Phi) is 3.29. The van der Waals surface area contributed by atoms with E-state index in [1.807, 2.05) is 33.8 Å². The Balaban J connectivity index is 1.74. The van der Waals surface area contributed by atoms with E-state index in [1.54, 1.807) is 0 Å². The minimum atomic E-state index is -1.99. The summed E-state index contributed by atoms with van der Waals surface area (Å²) < 4.78 is 11.9. The molecule has 0 atom stereocenters. The third-order valence-electron chi connectivity index (χ3n) is 5.05. The van der Waals surface area contributed by atoms with Crippen LogP contribution in [0.4, 0.5) is 0 Å². The summed E-state index contributed by atoms with van der Waals surface area (Å²) in [6.07, 6.45) is 1.81. The average molecular weight is 338 g/mol. The molecule has 0 unspecified atom stereocenters. The van der Waals surface area contributed by atoms with E-state index in [1.165, 1.54) is 0 Å². The van der Waals surface area contributed by atoms with Crippen LogP contribution in [0.25, 0.3) is 0 Å². The van der Waals surface area contributed by atoms with Crippen molar-refractivity contribution >= 4 is 13.4 Å². The van der Waals surface area contributed by atoms with Gasteiger partial charge in [-0.05, 0) is 27.7 Å². The van der Waals surface area contributed by atoms with Crippen molar-refractivity contribution in [1.29, 1.82) is 0 Å². The summed E-state index contributed by atoms with van der Waals surface area (Å²) in [5.74, 6) is -0.194. The summed E-state index contributed by atoms with van der Waals surface area (Å²) in [4.78, 5) is 13.1. The molecular formula is C15H25N5O2P. The standard InChI is InChI=1S/C15H25N5O2P/c1-14(2)11-12(15(3,4)20(14)22)13(21)16-23(17-5-6-17,18-7-8-18)19-9-10-19/h11H,5-10H2,1-4H3. The molecule has 0 aliphatic carbocycles. The van der Waals surface area contributed by atoms with Gasteiger partial charge in [0.1, 0.15) is 0 Å². The first-order chi connectivity index (χ1) is 10.7. The summed E-state index contributed by atoms with van der Waals surface area (Å²) in [7, 11) is -1.99. The smallest absolute Gasteiger partial charge is 0.267 e. The molecule has 0 N–H and O–H groups in total. The number of nitrogens with zero attached hydrogens (tertiary/aromatic N) is 5. The molecule has 3 saturated heterocycles. The van der Waals surface area contributed by atoms with Gasteiger partial charge in [0.25, 0.3) is 5.91 Å². The fourth-order valence-electron chi connectivity index (χ4n) is 3.58. The first-order valence-corrected chi connectivity index (χ1v) is 9.93. The van der Waals surface area contributed by atoms with Crippen LogP contribution < -0.4 is 0 Å². The van der Waals surface area contributed by atoms with Gasteiger partial charge in [0.15, 0.2) is 7.51 Å². The van der Waals surface area contributed by atoms with Crippen molar-refractivity contribution in [1.82, 2.24) is 19.1 Å². The fraction of sp³-hybridized carbons (Fsp3) is 0.800. The first-order valence-electron chi connectivity index (χ1n) is 8.33. The highest BCUT2D eigenvalue weighted by Crippen LogP contribution is 2.68. The SMILES string of the molecule is CC1(C)C=C(C(=O)N=P(N2CC2)(N2CC2)N2CC2)C(C)(C)N1[O]. The van der Waals surface area contributed by atoms with Gasteiger partial charge in [-0.3, -0.25) is 4.79 Å². The lowest BCUT2D eigenvalue weighted by molar-refractivity contribution is -0.238. The Bertz CT molecular complexity index is 606. The van der Waals surface area contributed by atoms with Crippen LogP contribution >= 0.6 is 7.51 Å². The second-order valence-corrected chi connectivity index (χ2v) is 10.8. The normalized spacial score (nSPS) is 30.2. The quantitative estimate of drug-likeness (QED) is 0.575. The van der Waals surface area contributed by atoms with Crippen LogP contribution in [0.15, 0.2) is 16.4 Å². The van der Waals surface area contributed by atoms with Gasteiger partial charge in [0, 0.05) is 44.8 Å². The molecule has 0 aromatic carbocycles. The van der Waals surface area contributed by atoms with E-state index in [4.69, 9.17) is 4.74 Å². The Morgan fingerprint density at radius 3 is 1.74 bits per heavy atom. The monoisotopic (exact) mass is 338 g/mol. The van der Waals surface area contributed by atoms with Gasteiger partial charge in [-0.2, -0.15) is 4.74 Å². The van der Waals surface area contributed by atoms with Gasteiger partial charge < -0.3 is 0 Å². The Labute approximate surface area is 137 Å². The predicted molar refractivity (Wildman–Crippen MR) is 87.8 cm³/mol. The Hall–Kier alpha value is -0.560. The third-order valence-corrected chi connectivity index (χ3v) is 8.98. The maximum absolute atomic E-state index is 13.1. The van der Waals surface area contributed by atoms with Crippen LogP contribution in [-0.2, 0) is 10.0 Å². The van der Waals surface area contributed by atoms with Crippen molar-refractivity contribution in [2.75, 3.05) is 39.3 Å². The summed E-state index contributed by atoms with van der Waals surface area (Å²) in [6.45, 7) is 13.5. The summed E-state index contributed by atoms with van der Waals surface area (Å²) in [6, 6.07) is 0. The van der Waals surface area contributed by atoms with E-state index in [0.29, 0.717) is 5.57 Å². The van der Waals surface area contributed by atoms with Crippen LogP contribution in [0, 0.1) is 0 Å². The minimum absolute atomic E-state index is 0.194. The van der Waals surface area contributed by atoms with Crippen LogP contribution in [0.1, 0.15) is 27.7 Å². The Morgan fingerprint density at radius 1 is 1.00 bits per heavy atom. The number of hydrogen-bond acceptors (Lipinski definition) is 2. The second-order valence-electron chi connectivity index (χ2n) is 7.87. The number of carbonyl (C=O) groups excluding carboxylic acids is 1. The van der Waals surface area contributed by atoms with E-state index in [9.17, 15) is 10.0 Å². The van der Waals surface area contributed by atoms with E-state index < -0.39 is 18.6 Å². The van der Waals surface area contributed by atoms with Crippen LogP contribution in [0.3, 0.4) is 0 Å². The topological polar surface area (TPSA) is 61.6 Å². The lowest BCUT2D eigenvalue weighted by atomic mass is 9.96. The van der Waals surface area contributed by atoms with Crippen molar-refractivity contribution < 1.29 is 10.0 Å². The number of hydroxylamine groups is 2. The average Bonchev–Trinajstić information content (AvgIpc) is 3.34. The van der Waals surface area contributed by atoms with E-state index >= 15 is 0 Å². The highest BCUT2D eigenvalue weighted by Gasteiger charge is 2.55. The number of rotatable bonds is 4. The zero-order valence-corrected chi connectivity index (χ0v) is 15.2. The number of carbonyl (C=O) groups is 1. The second kappa shape index (κ2) is 4.75. The van der Waals surface area contributed by atoms with E-state index in [-0.39, 0.29) is 5.91 Å². The molecule has 4 aliphatic rings. The molecule has 1 amide bonds. The van der Waals surface area contributed by atoms with Crippen molar-refractivity contribution in [3.63, 3.8) is 0 Å². The summed E-state index contributed by atoms with van der Waals surface area (Å²) in [5.41, 5.74) is -0.936. The molecule has 4 heterocycles. The summed E-state index contributed by atoms with van der Waals surface area (Å²) >= 11 is 0. The lowest BCUT2D eigenvalue weighted by Gasteiger charge is -2.33. The van der Waals surface area contributed by atoms with Crippen molar-refractivity contribution in [3.05, 3.63) is 11.6 Å². The molecule has 0 bridgehead atoms. The third kappa shape index (κ3) is 2.37. The van der Waals surface area contributed by atoms with Crippen LogP contribution in [0.2, 0.25) is 0 Å². The molecule has 7 nitrogen and oxygen atoms in total. The molecule has 4 rings (SSSR count). The van der Waals surface area contributed by atoms with Crippen molar-refractivity contribution in [2.24, 2.45) is 4.74 Å². The highest BCUT2D eigenvalue weighted by molar-refractivity contribution is 7.60. The number of hydrogen-bond donors (Lipinski definition) is 0. The molecule has 3 fully saturated rings. The van der Waals surface area contributed by atoms with E-state index in [2.05, 4.69) is 14.0 Å². The molecule has 0 aromatic heterocycles. The fourth-order valence-corrected chi connectivity index (χ4v) is 7.27. The van der Waals surface area contributed by atoms with Gasteiger partial charge in [0.05, 0.1) is 11.1 Å². The highest BCUT2D eigenvalue weighted by atomic mass is 31.2. The van der Waals surface area contributed by atoms with Crippen LogP contribution in [-0.4, -0.2) is 75.3 Å². The maximum atomic E-state index is 13.1. The molecule has 4 aliphatic heterocycles. The van der Waals surface area contributed by atoms with Crippen molar-refractivity contribution in [2.45, 2.75) is 38.8 Å². The number of amides is 1. The zero-order chi connectivity index (χ0) is 16.6. The van der Waals surface area contributed by atoms with Gasteiger partial charge in [-0.15, -0.1) is 10.3 Å². The van der Waals surface area contributed by atoms with Crippen molar-refractivity contribution in [3.8, 4) is 0 Å². The predicted octanol–water partition coefficient (Wildman–Crippen LogP) is 1.55. The molecule has 127 valence electrons. The largest absolute Gasteiger partial charge is 0.276 e. The van der Waals surface area contributed by atoms with Crippen LogP contribution in [0.5, 0.6) is 0 Å². The Morgan fingerprint density at radius 2 is 1.43 bits per heavy atom. The zero-order valence-electron chi connectivity index (χ0n) is 14.3. The molecular weight excluding hydrogens is 313 g/mol. The molecule has 0 saturated carbocycles. The minimum Gasteiger partial charge on any atom is -0.267 e.